The summed E-state index contributed by atoms with van der Waals surface area (Å²) in [6, 6.07) is 15.0. The van der Waals surface area contributed by atoms with E-state index in [4.69, 9.17) is 4.98 Å². The van der Waals surface area contributed by atoms with Gasteiger partial charge < -0.3 is 14.9 Å². The Kier molecular flexibility index (Phi) is 3.57. The van der Waals surface area contributed by atoms with Gasteiger partial charge in [-0.2, -0.15) is 0 Å². The van der Waals surface area contributed by atoms with E-state index in [9.17, 15) is 9.59 Å². The van der Waals surface area contributed by atoms with Crippen molar-refractivity contribution in [1.29, 1.82) is 0 Å². The Bertz CT molecular complexity index is 1190. The number of pyridine rings is 1. The fourth-order valence-electron chi connectivity index (χ4n) is 3.97. The molecule has 2 aromatic heterocycles. The van der Waals surface area contributed by atoms with Crippen molar-refractivity contribution in [3.05, 3.63) is 76.5 Å². The summed E-state index contributed by atoms with van der Waals surface area (Å²) in [6.45, 7) is 0.675. The number of carbonyl (C=O) groups excluding carboxylic acids is 1. The smallest absolute Gasteiger partial charge is 0.256 e. The van der Waals surface area contributed by atoms with Crippen LogP contribution in [0, 0.1) is 0 Å². The van der Waals surface area contributed by atoms with Crippen LogP contribution in [0.1, 0.15) is 35.1 Å². The third-order valence-electron chi connectivity index (χ3n) is 5.28. The number of aromatic amines is 2. The molecule has 27 heavy (non-hydrogen) atoms. The van der Waals surface area contributed by atoms with Crippen molar-refractivity contribution in [3.63, 3.8) is 0 Å². The number of H-pyrrole nitrogens is 2. The standard InChI is InChI=1S/C21H18N4O2/c26-20-14-7-2-1-6-13(14)15(12-22-20)21(27)25-11-5-10-18(25)19-23-16-8-3-4-9-17(16)24-19/h1-4,6-9,12,18H,5,10-11H2,(H,22,26)(H,23,24)/t18-/m1/s1. The summed E-state index contributed by atoms with van der Waals surface area (Å²) in [4.78, 5) is 38.0. The molecule has 5 rings (SSSR count). The number of hydrogen-bond acceptors (Lipinski definition) is 3. The number of likely N-dealkylation sites (tertiary alicyclic amines) is 1. The first kappa shape index (κ1) is 15.8. The molecule has 6 nitrogen and oxygen atoms in total. The minimum absolute atomic E-state index is 0.0783. The first-order chi connectivity index (χ1) is 13.2. The van der Waals surface area contributed by atoms with Crippen LogP contribution in [0.5, 0.6) is 0 Å². The Balaban J connectivity index is 1.56. The quantitative estimate of drug-likeness (QED) is 0.576. The number of fused-ring (bicyclic) bond motifs is 2. The molecule has 1 saturated heterocycles. The van der Waals surface area contributed by atoms with Crippen LogP contribution in [0.3, 0.4) is 0 Å². The van der Waals surface area contributed by atoms with Crippen molar-refractivity contribution >= 4 is 27.7 Å². The lowest BCUT2D eigenvalue weighted by Gasteiger charge is -2.23. The van der Waals surface area contributed by atoms with Gasteiger partial charge in [0.25, 0.3) is 11.5 Å². The van der Waals surface area contributed by atoms with E-state index in [0.29, 0.717) is 22.9 Å². The summed E-state index contributed by atoms with van der Waals surface area (Å²) < 4.78 is 0. The number of imidazole rings is 1. The van der Waals surface area contributed by atoms with Crippen molar-refractivity contribution in [2.45, 2.75) is 18.9 Å². The molecule has 1 atom stereocenters. The largest absolute Gasteiger partial charge is 0.340 e. The molecule has 0 unspecified atom stereocenters. The fraction of sp³-hybridized carbons (Fsp3) is 0.190. The normalized spacial score (nSPS) is 17.0. The maximum atomic E-state index is 13.3. The van der Waals surface area contributed by atoms with Crippen LogP contribution in [0.25, 0.3) is 21.8 Å². The van der Waals surface area contributed by atoms with Gasteiger partial charge in [0, 0.05) is 23.5 Å². The van der Waals surface area contributed by atoms with Gasteiger partial charge in [0.2, 0.25) is 0 Å². The van der Waals surface area contributed by atoms with E-state index in [0.717, 1.165) is 29.7 Å². The summed E-state index contributed by atoms with van der Waals surface area (Å²) in [5.74, 6) is 0.737. The molecule has 4 aromatic rings. The third kappa shape index (κ3) is 2.52. The van der Waals surface area contributed by atoms with Gasteiger partial charge >= 0.3 is 0 Å². The van der Waals surface area contributed by atoms with Gasteiger partial charge in [-0.25, -0.2) is 4.98 Å². The van der Waals surface area contributed by atoms with Crippen molar-refractivity contribution in [1.82, 2.24) is 19.9 Å². The summed E-state index contributed by atoms with van der Waals surface area (Å²) in [5, 5.41) is 1.21. The van der Waals surface area contributed by atoms with Crippen molar-refractivity contribution in [2.75, 3.05) is 6.54 Å². The van der Waals surface area contributed by atoms with Gasteiger partial charge in [0.05, 0.1) is 22.6 Å². The second kappa shape index (κ2) is 6.09. The molecule has 0 radical (unpaired) electrons. The molecule has 6 heteroatoms. The number of nitrogens with one attached hydrogen (secondary N) is 2. The molecule has 1 fully saturated rings. The minimum atomic E-state index is -0.183. The summed E-state index contributed by atoms with van der Waals surface area (Å²) in [7, 11) is 0. The van der Waals surface area contributed by atoms with Crippen LogP contribution in [0.15, 0.2) is 59.5 Å². The number of hydrogen-bond donors (Lipinski definition) is 2. The average molecular weight is 358 g/mol. The highest BCUT2D eigenvalue weighted by atomic mass is 16.2. The molecule has 2 aromatic carbocycles. The Labute approximate surface area is 154 Å². The van der Waals surface area contributed by atoms with Gasteiger partial charge in [-0.15, -0.1) is 0 Å². The zero-order valence-corrected chi connectivity index (χ0v) is 14.6. The Morgan fingerprint density at radius 3 is 2.70 bits per heavy atom. The minimum Gasteiger partial charge on any atom is -0.340 e. The average Bonchev–Trinajstić information content (AvgIpc) is 3.34. The van der Waals surface area contributed by atoms with Crippen LogP contribution in [0.2, 0.25) is 0 Å². The fourth-order valence-corrected chi connectivity index (χ4v) is 3.97. The lowest BCUT2D eigenvalue weighted by molar-refractivity contribution is 0.0732. The van der Waals surface area contributed by atoms with E-state index >= 15 is 0 Å². The number of nitrogens with zero attached hydrogens (tertiary/aromatic N) is 2. The summed E-state index contributed by atoms with van der Waals surface area (Å²) in [5.41, 5.74) is 2.22. The predicted molar refractivity (Wildman–Crippen MR) is 104 cm³/mol. The highest BCUT2D eigenvalue weighted by molar-refractivity contribution is 6.06. The van der Waals surface area contributed by atoms with E-state index < -0.39 is 0 Å². The van der Waals surface area contributed by atoms with E-state index in [1.54, 1.807) is 12.1 Å². The molecule has 3 heterocycles. The topological polar surface area (TPSA) is 81.8 Å². The molecule has 0 bridgehead atoms. The number of carbonyl (C=O) groups is 1. The molecule has 1 aliphatic rings. The van der Waals surface area contributed by atoms with E-state index in [1.165, 1.54) is 6.20 Å². The molecular weight excluding hydrogens is 340 g/mol. The molecule has 0 saturated carbocycles. The van der Waals surface area contributed by atoms with Gasteiger partial charge in [-0.05, 0) is 31.0 Å². The van der Waals surface area contributed by atoms with Gasteiger partial charge in [0.1, 0.15) is 5.82 Å². The lowest BCUT2D eigenvalue weighted by atomic mass is 10.1. The summed E-state index contributed by atoms with van der Waals surface area (Å²) >= 11 is 0. The number of benzene rings is 2. The van der Waals surface area contributed by atoms with Gasteiger partial charge in [0.15, 0.2) is 0 Å². The van der Waals surface area contributed by atoms with Crippen molar-refractivity contribution < 1.29 is 4.79 Å². The van der Waals surface area contributed by atoms with Crippen LogP contribution < -0.4 is 5.56 Å². The maximum absolute atomic E-state index is 13.3. The maximum Gasteiger partial charge on any atom is 0.256 e. The van der Waals surface area contributed by atoms with Crippen molar-refractivity contribution in [2.24, 2.45) is 0 Å². The third-order valence-corrected chi connectivity index (χ3v) is 5.28. The van der Waals surface area contributed by atoms with E-state index in [-0.39, 0.29) is 17.5 Å². The number of para-hydroxylation sites is 2. The number of rotatable bonds is 2. The Morgan fingerprint density at radius 1 is 1.07 bits per heavy atom. The Morgan fingerprint density at radius 2 is 1.85 bits per heavy atom. The highest BCUT2D eigenvalue weighted by Gasteiger charge is 2.33. The van der Waals surface area contributed by atoms with Gasteiger partial charge in [-0.3, -0.25) is 9.59 Å². The van der Waals surface area contributed by atoms with E-state index in [2.05, 4.69) is 9.97 Å². The van der Waals surface area contributed by atoms with E-state index in [1.807, 2.05) is 41.3 Å². The Hall–Kier alpha value is -3.41. The molecule has 0 aliphatic carbocycles. The molecule has 1 amide bonds. The van der Waals surface area contributed by atoms with Crippen LogP contribution in [0.4, 0.5) is 0 Å². The monoisotopic (exact) mass is 358 g/mol. The SMILES string of the molecule is O=C(c1c[nH]c(=O)c2ccccc12)N1CCC[C@@H]1c1nc2ccccc2[nH]1. The second-order valence-corrected chi connectivity index (χ2v) is 6.87. The zero-order chi connectivity index (χ0) is 18.4. The predicted octanol–water partition coefficient (Wildman–Crippen LogP) is 3.38. The first-order valence-electron chi connectivity index (χ1n) is 9.08. The first-order valence-corrected chi connectivity index (χ1v) is 9.08. The molecule has 0 spiro atoms. The molecule has 134 valence electrons. The number of aromatic nitrogens is 3. The molecular formula is C21H18N4O2. The highest BCUT2D eigenvalue weighted by Crippen LogP contribution is 2.33. The second-order valence-electron chi connectivity index (χ2n) is 6.87. The summed E-state index contributed by atoms with van der Waals surface area (Å²) in [6.07, 6.45) is 3.32. The zero-order valence-electron chi connectivity index (χ0n) is 14.6. The van der Waals surface area contributed by atoms with Crippen LogP contribution in [-0.4, -0.2) is 32.3 Å². The number of amides is 1. The van der Waals surface area contributed by atoms with Crippen LogP contribution in [-0.2, 0) is 0 Å². The molecule has 1 aliphatic heterocycles. The van der Waals surface area contributed by atoms with Gasteiger partial charge in [-0.1, -0.05) is 30.3 Å². The van der Waals surface area contributed by atoms with Crippen LogP contribution >= 0.6 is 0 Å². The molecule has 2 N–H and O–H groups in total. The van der Waals surface area contributed by atoms with Crippen molar-refractivity contribution in [3.8, 4) is 0 Å². The lowest BCUT2D eigenvalue weighted by Crippen LogP contribution is -2.31.